The normalized spacial score (nSPS) is 10.4. The monoisotopic (exact) mass is 332 g/mol. The van der Waals surface area contributed by atoms with Gasteiger partial charge in [0.1, 0.15) is 5.69 Å². The third kappa shape index (κ3) is 4.24. The molecule has 2 rings (SSSR count). The summed E-state index contributed by atoms with van der Waals surface area (Å²) in [6.45, 7) is 4.73. The van der Waals surface area contributed by atoms with Crippen LogP contribution in [0, 0.1) is 0 Å². The fourth-order valence-corrected chi connectivity index (χ4v) is 3.03. The highest BCUT2D eigenvalue weighted by molar-refractivity contribution is 7.15. The van der Waals surface area contributed by atoms with Crippen molar-refractivity contribution in [2.75, 3.05) is 11.9 Å². The molecule has 2 aromatic heterocycles. The molecule has 110 valence electrons. The van der Waals surface area contributed by atoms with Gasteiger partial charge in [-0.05, 0) is 12.5 Å². The lowest BCUT2D eigenvalue weighted by Gasteiger charge is -1.98. The molecule has 0 fully saturated rings. The molecule has 20 heavy (non-hydrogen) atoms. The highest BCUT2D eigenvalue weighted by Crippen LogP contribution is 2.25. The number of nitrogens with zero attached hydrogens (tertiary/aromatic N) is 2. The van der Waals surface area contributed by atoms with Gasteiger partial charge in [-0.15, -0.1) is 35.1 Å². The minimum absolute atomic E-state index is 0. The van der Waals surface area contributed by atoms with Crippen molar-refractivity contribution in [3.8, 4) is 0 Å². The van der Waals surface area contributed by atoms with Gasteiger partial charge in [0.2, 0.25) is 0 Å². The maximum Gasteiger partial charge on any atom is 0.276 e. The van der Waals surface area contributed by atoms with Crippen molar-refractivity contribution >= 4 is 46.1 Å². The van der Waals surface area contributed by atoms with Gasteiger partial charge in [-0.2, -0.15) is 0 Å². The number of aromatic nitrogens is 2. The van der Waals surface area contributed by atoms with E-state index < -0.39 is 0 Å². The predicted molar refractivity (Wildman–Crippen MR) is 86.3 cm³/mol. The number of anilines is 1. The molecule has 0 saturated carbocycles. The van der Waals surface area contributed by atoms with Crippen LogP contribution in [0.25, 0.3) is 0 Å². The number of amides is 1. The molecule has 0 aliphatic rings. The molecule has 0 unspecified atom stereocenters. The first-order valence-corrected chi connectivity index (χ1v) is 7.71. The van der Waals surface area contributed by atoms with E-state index in [2.05, 4.69) is 29.1 Å². The Labute approximate surface area is 132 Å². The van der Waals surface area contributed by atoms with Crippen LogP contribution in [0.2, 0.25) is 0 Å². The highest BCUT2D eigenvalue weighted by Gasteiger charge is 2.13. The van der Waals surface area contributed by atoms with Gasteiger partial charge in [0.25, 0.3) is 5.91 Å². The summed E-state index contributed by atoms with van der Waals surface area (Å²) in [4.78, 5) is 21.6. The lowest BCUT2D eigenvalue weighted by molar-refractivity contribution is 0.102. The summed E-state index contributed by atoms with van der Waals surface area (Å²) in [6.07, 6.45) is 2.50. The van der Waals surface area contributed by atoms with Crippen molar-refractivity contribution < 1.29 is 4.79 Å². The molecule has 0 saturated heterocycles. The molecule has 0 atom stereocenters. The number of thiazole rings is 2. The second-order valence-electron chi connectivity index (χ2n) is 4.34. The van der Waals surface area contributed by atoms with Gasteiger partial charge in [0, 0.05) is 22.9 Å². The Hall–Kier alpha value is -1.02. The Kier molecular flexibility index (Phi) is 6.54. The summed E-state index contributed by atoms with van der Waals surface area (Å²) in [6, 6.07) is 0. The van der Waals surface area contributed by atoms with E-state index in [1.54, 1.807) is 11.6 Å². The number of nitrogens with two attached hydrogens (primary N) is 1. The maximum absolute atomic E-state index is 12.0. The number of hydrogen-bond acceptors (Lipinski definition) is 6. The number of carbonyl (C=O) groups is 1. The highest BCUT2D eigenvalue weighted by atomic mass is 35.5. The van der Waals surface area contributed by atoms with E-state index in [4.69, 9.17) is 5.73 Å². The summed E-state index contributed by atoms with van der Waals surface area (Å²) >= 11 is 2.95. The molecule has 2 heterocycles. The minimum Gasteiger partial charge on any atom is -0.330 e. The Balaban J connectivity index is 0.00000200. The average molecular weight is 333 g/mol. The Morgan fingerprint density at radius 3 is 2.85 bits per heavy atom. The lowest BCUT2D eigenvalue weighted by atomic mass is 10.2. The van der Waals surface area contributed by atoms with E-state index >= 15 is 0 Å². The van der Waals surface area contributed by atoms with E-state index in [1.807, 2.05) is 0 Å². The second-order valence-corrected chi connectivity index (χ2v) is 6.35. The number of halogens is 1. The average Bonchev–Trinajstić information content (AvgIpc) is 2.98. The zero-order valence-corrected chi connectivity index (χ0v) is 13.7. The Morgan fingerprint density at radius 2 is 2.25 bits per heavy atom. The summed E-state index contributed by atoms with van der Waals surface area (Å²) in [5.74, 6) is 0.197. The van der Waals surface area contributed by atoms with E-state index in [0.29, 0.717) is 29.7 Å². The summed E-state index contributed by atoms with van der Waals surface area (Å²) in [5, 5.41) is 6.01. The third-order valence-corrected chi connectivity index (χ3v) is 4.58. The number of rotatable bonds is 5. The molecular formula is C12H17ClN4OS2. The molecule has 0 radical (unpaired) electrons. The summed E-state index contributed by atoms with van der Waals surface area (Å²) < 4.78 is 0. The molecule has 0 spiro atoms. The van der Waals surface area contributed by atoms with Crippen molar-refractivity contribution in [3.63, 3.8) is 0 Å². The van der Waals surface area contributed by atoms with Crippen molar-refractivity contribution in [3.05, 3.63) is 27.2 Å². The van der Waals surface area contributed by atoms with Gasteiger partial charge in [0.05, 0.1) is 5.01 Å². The van der Waals surface area contributed by atoms with E-state index in [9.17, 15) is 4.79 Å². The van der Waals surface area contributed by atoms with Crippen LogP contribution in [-0.2, 0) is 6.42 Å². The van der Waals surface area contributed by atoms with Gasteiger partial charge < -0.3 is 5.73 Å². The van der Waals surface area contributed by atoms with Crippen LogP contribution in [0.4, 0.5) is 5.13 Å². The largest absolute Gasteiger partial charge is 0.330 e. The minimum atomic E-state index is -0.218. The second kappa shape index (κ2) is 7.68. The van der Waals surface area contributed by atoms with E-state index in [1.165, 1.54) is 22.7 Å². The smallest absolute Gasteiger partial charge is 0.276 e. The number of carbonyl (C=O) groups excluding carboxylic acids is 1. The van der Waals surface area contributed by atoms with Crippen LogP contribution < -0.4 is 11.1 Å². The molecular weight excluding hydrogens is 316 g/mol. The molecule has 2 aromatic rings. The van der Waals surface area contributed by atoms with Crippen LogP contribution in [0.1, 0.15) is 40.1 Å². The van der Waals surface area contributed by atoms with Crippen molar-refractivity contribution in [2.24, 2.45) is 5.73 Å². The van der Waals surface area contributed by atoms with Gasteiger partial charge in [-0.25, -0.2) is 9.97 Å². The van der Waals surface area contributed by atoms with E-state index in [-0.39, 0.29) is 18.3 Å². The lowest BCUT2D eigenvalue weighted by Crippen LogP contribution is -2.12. The van der Waals surface area contributed by atoms with E-state index in [0.717, 1.165) is 9.88 Å². The Morgan fingerprint density at radius 1 is 1.50 bits per heavy atom. The third-order valence-electron chi connectivity index (χ3n) is 2.46. The van der Waals surface area contributed by atoms with Crippen LogP contribution in [0.3, 0.4) is 0 Å². The molecule has 0 aromatic carbocycles. The number of nitrogens with one attached hydrogen (secondary N) is 1. The first kappa shape index (κ1) is 17.0. The number of hydrogen-bond donors (Lipinski definition) is 2. The summed E-state index contributed by atoms with van der Waals surface area (Å²) in [5.41, 5.74) is 5.88. The van der Waals surface area contributed by atoms with Crippen molar-refractivity contribution in [1.29, 1.82) is 0 Å². The molecule has 1 amide bonds. The van der Waals surface area contributed by atoms with Crippen molar-refractivity contribution in [2.45, 2.75) is 26.2 Å². The zero-order valence-electron chi connectivity index (χ0n) is 11.3. The van der Waals surface area contributed by atoms with Crippen LogP contribution >= 0.6 is 35.1 Å². The molecule has 0 aliphatic carbocycles. The first-order chi connectivity index (χ1) is 9.10. The quantitative estimate of drug-likeness (QED) is 0.882. The van der Waals surface area contributed by atoms with Crippen LogP contribution in [0.5, 0.6) is 0 Å². The van der Waals surface area contributed by atoms with Gasteiger partial charge in [0.15, 0.2) is 5.13 Å². The first-order valence-electron chi connectivity index (χ1n) is 6.01. The van der Waals surface area contributed by atoms with Gasteiger partial charge in [-0.1, -0.05) is 13.8 Å². The fraction of sp³-hybridized carbons (Fsp3) is 0.417. The molecule has 0 aliphatic heterocycles. The molecule has 3 N–H and O–H groups in total. The molecule has 5 nitrogen and oxygen atoms in total. The standard InChI is InChI=1S/C12H16N4OS2.ClH/c1-7(2)9-5-14-12(19-9)16-11(17)8-6-18-10(15-8)3-4-13;/h5-7H,3-4,13H2,1-2H3,(H,14,16,17);1H. The van der Waals surface area contributed by atoms with Crippen molar-refractivity contribution in [1.82, 2.24) is 9.97 Å². The zero-order chi connectivity index (χ0) is 13.8. The molecule has 8 heteroatoms. The van der Waals surface area contributed by atoms with Crippen LogP contribution in [-0.4, -0.2) is 22.4 Å². The van der Waals surface area contributed by atoms with Gasteiger partial charge in [-0.3, -0.25) is 10.1 Å². The predicted octanol–water partition coefficient (Wildman–Crippen LogP) is 2.90. The summed E-state index contributed by atoms with van der Waals surface area (Å²) in [7, 11) is 0. The topological polar surface area (TPSA) is 80.9 Å². The Bertz CT molecular complexity index is 567. The van der Waals surface area contributed by atoms with Crippen LogP contribution in [0.15, 0.2) is 11.6 Å². The fourth-order valence-electron chi connectivity index (χ4n) is 1.43. The maximum atomic E-state index is 12.0. The van der Waals surface area contributed by atoms with Gasteiger partial charge >= 0.3 is 0 Å². The molecule has 0 bridgehead atoms. The SMILES string of the molecule is CC(C)c1cnc(NC(=O)c2csc(CCN)n2)s1.Cl.